The summed E-state index contributed by atoms with van der Waals surface area (Å²) < 4.78 is 25.3. The summed E-state index contributed by atoms with van der Waals surface area (Å²) in [6.07, 6.45) is 6.56. The van der Waals surface area contributed by atoms with Crippen LogP contribution in [0, 0.1) is 24.2 Å². The first-order chi connectivity index (χ1) is 22.6. The first-order valence-electron chi connectivity index (χ1n) is 14.7. The topological polar surface area (TPSA) is 105 Å². The monoisotopic (exact) mass is 828 g/mol. The second kappa shape index (κ2) is 17.4. The molecule has 8 nitrogen and oxygen atoms in total. The van der Waals surface area contributed by atoms with E-state index < -0.39 is 54.0 Å². The van der Waals surface area contributed by atoms with Crippen molar-refractivity contribution >= 4 is 71.7 Å². The predicted octanol–water partition coefficient (Wildman–Crippen LogP) is 8.12. The molecule has 0 amide bonds. The summed E-state index contributed by atoms with van der Waals surface area (Å²) in [7, 11) is 0. The van der Waals surface area contributed by atoms with Gasteiger partial charge in [0.05, 0.1) is 29.7 Å². The Labute approximate surface area is 298 Å². The van der Waals surface area contributed by atoms with Gasteiger partial charge in [0.25, 0.3) is 0 Å². The third-order valence-corrected chi connectivity index (χ3v) is 9.04. The van der Waals surface area contributed by atoms with E-state index in [1.54, 1.807) is 91.9 Å². The molecule has 0 bridgehead atoms. The number of benzene rings is 3. The molecule has 0 aliphatic heterocycles. The zero-order valence-corrected chi connectivity index (χ0v) is 30.0. The summed E-state index contributed by atoms with van der Waals surface area (Å²) >= 11 is 10.1. The Hall–Kier alpha value is -3.72. The fourth-order valence-corrected chi connectivity index (χ4v) is 5.98. The molecule has 0 aromatic heterocycles. The van der Waals surface area contributed by atoms with E-state index in [-0.39, 0.29) is 25.9 Å². The quantitative estimate of drug-likeness (QED) is 0.0781. The highest BCUT2D eigenvalue weighted by atomic mass is 79.9. The Bertz CT molecular complexity index is 1630. The van der Waals surface area contributed by atoms with Gasteiger partial charge in [-0.2, -0.15) is 0 Å². The molecule has 0 saturated heterocycles. The summed E-state index contributed by atoms with van der Waals surface area (Å²) in [4.78, 5) is 52.2. The van der Waals surface area contributed by atoms with E-state index in [0.29, 0.717) is 16.7 Å². The minimum atomic E-state index is -0.827. The van der Waals surface area contributed by atoms with Crippen LogP contribution < -0.4 is 0 Å². The maximum atomic E-state index is 13.3. The van der Waals surface area contributed by atoms with Crippen molar-refractivity contribution in [2.24, 2.45) is 11.8 Å². The summed E-state index contributed by atoms with van der Waals surface area (Å²) in [5.74, 6) is -0.992. The van der Waals surface area contributed by atoms with Crippen molar-refractivity contribution in [2.45, 2.75) is 44.5 Å². The summed E-state index contributed by atoms with van der Waals surface area (Å²) in [6.45, 7) is 1.86. The molecule has 244 valence electrons. The molecule has 0 radical (unpaired) electrons. The van der Waals surface area contributed by atoms with Gasteiger partial charge < -0.3 is 18.9 Å². The third-order valence-electron chi connectivity index (χ3n) is 7.46. The van der Waals surface area contributed by atoms with Gasteiger partial charge in [0, 0.05) is 38.1 Å². The molecule has 3 aromatic rings. The van der Waals surface area contributed by atoms with Crippen LogP contribution in [0.4, 0.5) is 0 Å². The molecule has 47 heavy (non-hydrogen) atoms. The van der Waals surface area contributed by atoms with Gasteiger partial charge in [-0.3, -0.25) is 4.79 Å². The lowest BCUT2D eigenvalue weighted by molar-refractivity contribution is -0.145. The maximum Gasteiger partial charge on any atom is 0.338 e. The van der Waals surface area contributed by atoms with E-state index in [2.05, 4.69) is 53.7 Å². The number of halogens is 3. The lowest BCUT2D eigenvalue weighted by Gasteiger charge is -2.24. The number of ether oxygens (including phenoxy) is 4. The van der Waals surface area contributed by atoms with Crippen LogP contribution >= 0.6 is 47.8 Å². The van der Waals surface area contributed by atoms with Gasteiger partial charge >= 0.3 is 23.9 Å². The average Bonchev–Trinajstić information content (AvgIpc) is 3.35. The molecule has 5 atom stereocenters. The molecule has 0 unspecified atom stereocenters. The summed E-state index contributed by atoms with van der Waals surface area (Å²) in [5.41, 5.74) is 0.979. The molecule has 1 aliphatic rings. The fourth-order valence-electron chi connectivity index (χ4n) is 5.19. The fraction of sp³-hybridized carbons (Fsp3) is 0.278. The highest BCUT2D eigenvalue weighted by Crippen LogP contribution is 2.41. The van der Waals surface area contributed by atoms with E-state index in [1.165, 1.54) is 0 Å². The van der Waals surface area contributed by atoms with Crippen LogP contribution in [0.5, 0.6) is 0 Å². The molecule has 0 spiro atoms. The zero-order valence-electron chi connectivity index (χ0n) is 25.3. The second-order valence-electron chi connectivity index (χ2n) is 10.6. The van der Waals surface area contributed by atoms with Gasteiger partial charge in [0.15, 0.2) is 0 Å². The molecule has 3 aromatic carbocycles. The Morgan fingerprint density at radius 2 is 1.26 bits per heavy atom. The minimum Gasteiger partial charge on any atom is -0.466 e. The van der Waals surface area contributed by atoms with Crippen molar-refractivity contribution in [1.82, 2.24) is 0 Å². The van der Waals surface area contributed by atoms with Gasteiger partial charge in [-0.1, -0.05) is 53.9 Å². The molecule has 0 heterocycles. The number of hydrogen-bond donors (Lipinski definition) is 0. The largest absolute Gasteiger partial charge is 0.466 e. The van der Waals surface area contributed by atoms with Crippen molar-refractivity contribution in [3.8, 4) is 12.3 Å². The van der Waals surface area contributed by atoms with E-state index in [9.17, 15) is 19.2 Å². The Morgan fingerprint density at radius 3 is 1.72 bits per heavy atom. The Balaban J connectivity index is 1.65. The molecule has 1 saturated carbocycles. The summed E-state index contributed by atoms with van der Waals surface area (Å²) in [5, 5.41) is 0. The van der Waals surface area contributed by atoms with Gasteiger partial charge in [0.1, 0.15) is 18.3 Å². The van der Waals surface area contributed by atoms with Crippen molar-refractivity contribution in [3.63, 3.8) is 0 Å². The minimum absolute atomic E-state index is 0.0688. The normalized spacial score (nSPS) is 19.4. The number of carbonyl (C=O) groups is 4. The molecule has 1 fully saturated rings. The van der Waals surface area contributed by atoms with Gasteiger partial charge in [-0.05, 0) is 85.8 Å². The van der Waals surface area contributed by atoms with Crippen LogP contribution in [0.25, 0.3) is 0 Å². The van der Waals surface area contributed by atoms with Gasteiger partial charge in [0.2, 0.25) is 0 Å². The second-order valence-corrected chi connectivity index (χ2v) is 13.4. The number of rotatable bonds is 12. The number of hydrogen-bond acceptors (Lipinski definition) is 8. The van der Waals surface area contributed by atoms with E-state index in [0.717, 1.165) is 13.4 Å². The molecule has 0 N–H and O–H groups in total. The highest BCUT2D eigenvalue weighted by molar-refractivity contribution is 9.11. The first kappa shape index (κ1) is 36.1. The molecular formula is C36H31Br3O8. The SMILES string of the molecule is C#CC[C@H](/C=C/[C@@H]1[C@H](CC(=O)OCC)[C@@H](OC(=O)c2ccc(Br)cc2)C[C@H]1OC(=O)c1ccc(Br)cc1)OC(=O)c1ccc(Br)cc1. The van der Waals surface area contributed by atoms with Crippen molar-refractivity contribution < 1.29 is 38.1 Å². The number of esters is 4. The van der Waals surface area contributed by atoms with Crippen LogP contribution in [0.2, 0.25) is 0 Å². The smallest absolute Gasteiger partial charge is 0.338 e. The van der Waals surface area contributed by atoms with Crippen LogP contribution in [0.3, 0.4) is 0 Å². The van der Waals surface area contributed by atoms with Crippen LogP contribution in [-0.2, 0) is 23.7 Å². The summed E-state index contributed by atoms with van der Waals surface area (Å²) in [6, 6.07) is 20.1. The van der Waals surface area contributed by atoms with Crippen LogP contribution in [0.15, 0.2) is 98.4 Å². The van der Waals surface area contributed by atoms with Gasteiger partial charge in [-0.15, -0.1) is 12.3 Å². The lowest BCUT2D eigenvalue weighted by Crippen LogP contribution is -2.29. The van der Waals surface area contributed by atoms with Crippen molar-refractivity contribution in [2.75, 3.05) is 6.61 Å². The van der Waals surface area contributed by atoms with E-state index in [4.69, 9.17) is 25.4 Å². The molecule has 4 rings (SSSR count). The van der Waals surface area contributed by atoms with E-state index in [1.807, 2.05) is 0 Å². The predicted molar refractivity (Wildman–Crippen MR) is 185 cm³/mol. The van der Waals surface area contributed by atoms with E-state index >= 15 is 0 Å². The number of terminal acetylenes is 1. The third kappa shape index (κ3) is 10.4. The average molecular weight is 831 g/mol. The standard InChI is InChI=1S/C36H31Br3O8/c1-3-5-28(45-34(41)22-6-12-25(37)13-7-22)18-19-29-30(20-33(40)44-4-2)32(47-36(43)24-10-16-27(39)17-11-24)21-31(29)46-35(42)23-8-14-26(38)15-9-23/h1,6-19,28-32H,4-5,20-21H2,2H3/b19-18+/t28-,29-,30+,31-,32+/m1/s1. The Kier molecular flexibility index (Phi) is 13.4. The number of carbonyl (C=O) groups excluding carboxylic acids is 4. The van der Waals surface area contributed by atoms with Crippen LogP contribution in [0.1, 0.15) is 57.3 Å². The van der Waals surface area contributed by atoms with Gasteiger partial charge in [-0.25, -0.2) is 14.4 Å². The van der Waals surface area contributed by atoms with Crippen LogP contribution in [-0.4, -0.2) is 48.8 Å². The highest BCUT2D eigenvalue weighted by Gasteiger charge is 2.47. The Morgan fingerprint density at radius 1 is 0.787 bits per heavy atom. The first-order valence-corrected chi connectivity index (χ1v) is 17.1. The zero-order chi connectivity index (χ0) is 33.9. The molecule has 1 aliphatic carbocycles. The lowest BCUT2D eigenvalue weighted by atomic mass is 9.89. The van der Waals surface area contributed by atoms with Crippen molar-refractivity contribution in [1.29, 1.82) is 0 Å². The van der Waals surface area contributed by atoms with Crippen molar-refractivity contribution in [3.05, 3.63) is 115 Å². The maximum absolute atomic E-state index is 13.3. The molecule has 11 heteroatoms. The molecular weight excluding hydrogens is 800 g/mol.